The molecular formula is C7H6BrNO. The van der Waals surface area contributed by atoms with Gasteiger partial charge in [-0.3, -0.25) is 9.78 Å². The molecule has 0 saturated heterocycles. The molecule has 3 heteroatoms. The second-order valence-electron chi connectivity index (χ2n) is 1.83. The number of aromatic nitrogens is 1. The first kappa shape index (κ1) is 7.41. The van der Waals surface area contributed by atoms with E-state index in [2.05, 4.69) is 20.9 Å². The summed E-state index contributed by atoms with van der Waals surface area (Å²) in [6, 6.07) is 3.56. The minimum Gasteiger partial charge on any atom is -0.298 e. The number of halogens is 1. The van der Waals surface area contributed by atoms with Crippen LogP contribution in [0.4, 0.5) is 0 Å². The van der Waals surface area contributed by atoms with Gasteiger partial charge in [0.15, 0.2) is 6.29 Å². The molecule has 0 fully saturated rings. The fourth-order valence-corrected chi connectivity index (χ4v) is 0.916. The monoisotopic (exact) mass is 199 g/mol. The lowest BCUT2D eigenvalue weighted by Crippen LogP contribution is -1.86. The van der Waals surface area contributed by atoms with E-state index in [1.54, 1.807) is 12.3 Å². The molecule has 1 heterocycles. The molecule has 0 bridgehead atoms. The maximum atomic E-state index is 10.2. The molecule has 1 aromatic heterocycles. The first-order valence-electron chi connectivity index (χ1n) is 2.83. The highest BCUT2D eigenvalue weighted by atomic mass is 79.9. The van der Waals surface area contributed by atoms with E-state index in [-0.39, 0.29) is 0 Å². The Morgan fingerprint density at radius 1 is 1.60 bits per heavy atom. The fourth-order valence-electron chi connectivity index (χ4n) is 0.585. The summed E-state index contributed by atoms with van der Waals surface area (Å²) in [5.41, 5.74) is 1.55. The van der Waals surface area contributed by atoms with Crippen molar-refractivity contribution in [1.82, 2.24) is 4.98 Å². The Labute approximate surface area is 67.4 Å². The molecule has 0 atom stereocenters. The Hall–Kier alpha value is -0.700. The lowest BCUT2D eigenvalue weighted by Gasteiger charge is -1.92. The first-order chi connectivity index (χ1) is 4.86. The number of hydrogen-bond acceptors (Lipinski definition) is 2. The molecule has 0 saturated carbocycles. The van der Waals surface area contributed by atoms with Gasteiger partial charge in [-0.1, -0.05) is 15.9 Å². The van der Waals surface area contributed by atoms with Crippen LogP contribution in [0.1, 0.15) is 16.1 Å². The van der Waals surface area contributed by atoms with Gasteiger partial charge >= 0.3 is 0 Å². The van der Waals surface area contributed by atoms with Gasteiger partial charge in [-0.25, -0.2) is 0 Å². The van der Waals surface area contributed by atoms with E-state index in [0.29, 0.717) is 5.56 Å². The van der Waals surface area contributed by atoms with Crippen molar-refractivity contribution >= 4 is 22.2 Å². The van der Waals surface area contributed by atoms with Crippen LogP contribution in [0.5, 0.6) is 0 Å². The lowest BCUT2D eigenvalue weighted by atomic mass is 10.3. The van der Waals surface area contributed by atoms with Crippen LogP contribution < -0.4 is 0 Å². The van der Waals surface area contributed by atoms with E-state index in [0.717, 1.165) is 17.3 Å². The molecular weight excluding hydrogens is 194 g/mol. The van der Waals surface area contributed by atoms with Crippen molar-refractivity contribution in [1.29, 1.82) is 0 Å². The van der Waals surface area contributed by atoms with E-state index in [1.165, 1.54) is 0 Å². The van der Waals surface area contributed by atoms with Crippen molar-refractivity contribution in [2.75, 3.05) is 0 Å². The van der Waals surface area contributed by atoms with Gasteiger partial charge in [0.05, 0.1) is 5.69 Å². The number of carbonyl (C=O) groups excluding carboxylic acids is 1. The number of pyridine rings is 1. The van der Waals surface area contributed by atoms with Gasteiger partial charge in [0.25, 0.3) is 0 Å². The molecule has 0 radical (unpaired) electrons. The minimum absolute atomic E-state index is 0.615. The van der Waals surface area contributed by atoms with Crippen LogP contribution >= 0.6 is 15.9 Å². The average Bonchev–Trinajstić information content (AvgIpc) is 2.05. The summed E-state index contributed by atoms with van der Waals surface area (Å²) in [6.07, 6.45) is 2.34. The quantitative estimate of drug-likeness (QED) is 0.538. The molecule has 0 N–H and O–H groups in total. The maximum Gasteiger partial charge on any atom is 0.151 e. The summed E-state index contributed by atoms with van der Waals surface area (Å²) in [5.74, 6) is 0. The van der Waals surface area contributed by atoms with Gasteiger partial charge in [-0.05, 0) is 12.1 Å². The van der Waals surface area contributed by atoms with Crippen LogP contribution in [0.25, 0.3) is 0 Å². The first-order valence-corrected chi connectivity index (χ1v) is 3.95. The molecule has 1 aromatic rings. The van der Waals surface area contributed by atoms with Crippen LogP contribution in [0.15, 0.2) is 18.3 Å². The SMILES string of the molecule is O=Cc1ccc(CBr)nc1. The third-order valence-corrected chi connectivity index (χ3v) is 1.70. The Morgan fingerprint density at radius 2 is 2.40 bits per heavy atom. The minimum atomic E-state index is 0.615. The van der Waals surface area contributed by atoms with Gasteiger partial charge in [0.1, 0.15) is 0 Å². The van der Waals surface area contributed by atoms with Crippen molar-refractivity contribution in [3.05, 3.63) is 29.6 Å². The highest BCUT2D eigenvalue weighted by Gasteiger charge is 1.90. The molecule has 0 unspecified atom stereocenters. The maximum absolute atomic E-state index is 10.2. The largest absolute Gasteiger partial charge is 0.298 e. The van der Waals surface area contributed by atoms with Gasteiger partial charge in [-0.15, -0.1) is 0 Å². The molecule has 0 aliphatic carbocycles. The summed E-state index contributed by atoms with van der Waals surface area (Å²) in [7, 11) is 0. The second kappa shape index (κ2) is 3.46. The van der Waals surface area contributed by atoms with Gasteiger partial charge in [-0.2, -0.15) is 0 Å². The number of hydrogen-bond donors (Lipinski definition) is 0. The van der Waals surface area contributed by atoms with Crippen molar-refractivity contribution in [3.8, 4) is 0 Å². The van der Waals surface area contributed by atoms with Crippen molar-refractivity contribution in [3.63, 3.8) is 0 Å². The lowest BCUT2D eigenvalue weighted by molar-refractivity contribution is 0.112. The fraction of sp³-hybridized carbons (Fsp3) is 0.143. The molecule has 0 aliphatic rings. The van der Waals surface area contributed by atoms with Gasteiger partial charge < -0.3 is 0 Å². The van der Waals surface area contributed by atoms with E-state index in [4.69, 9.17) is 0 Å². The standard InChI is InChI=1S/C7H6BrNO/c8-3-7-2-1-6(5-10)4-9-7/h1-2,4-5H,3H2. The molecule has 0 amide bonds. The molecule has 1 rings (SSSR count). The zero-order valence-electron chi connectivity index (χ0n) is 5.25. The van der Waals surface area contributed by atoms with Crippen LogP contribution in [0, 0.1) is 0 Å². The number of alkyl halides is 1. The van der Waals surface area contributed by atoms with Gasteiger partial charge in [0.2, 0.25) is 0 Å². The van der Waals surface area contributed by atoms with Crippen LogP contribution in [0.3, 0.4) is 0 Å². The smallest absolute Gasteiger partial charge is 0.151 e. The Balaban J connectivity index is 2.90. The molecule has 0 spiro atoms. The number of rotatable bonds is 2. The highest BCUT2D eigenvalue weighted by molar-refractivity contribution is 9.08. The van der Waals surface area contributed by atoms with E-state index >= 15 is 0 Å². The normalized spacial score (nSPS) is 9.30. The molecule has 52 valence electrons. The molecule has 10 heavy (non-hydrogen) atoms. The average molecular weight is 200 g/mol. The summed E-state index contributed by atoms with van der Waals surface area (Å²) >= 11 is 3.25. The number of aldehydes is 1. The summed E-state index contributed by atoms with van der Waals surface area (Å²) in [6.45, 7) is 0. The Bertz CT molecular complexity index is 220. The van der Waals surface area contributed by atoms with E-state index in [9.17, 15) is 4.79 Å². The summed E-state index contributed by atoms with van der Waals surface area (Å²) < 4.78 is 0. The zero-order chi connectivity index (χ0) is 7.40. The zero-order valence-corrected chi connectivity index (χ0v) is 6.84. The predicted molar refractivity (Wildman–Crippen MR) is 42.3 cm³/mol. The van der Waals surface area contributed by atoms with Crippen molar-refractivity contribution in [2.24, 2.45) is 0 Å². The van der Waals surface area contributed by atoms with Crippen molar-refractivity contribution < 1.29 is 4.79 Å². The second-order valence-corrected chi connectivity index (χ2v) is 2.40. The Kier molecular flexibility index (Phi) is 2.57. The van der Waals surface area contributed by atoms with Crippen LogP contribution in [-0.4, -0.2) is 11.3 Å². The topological polar surface area (TPSA) is 30.0 Å². The molecule has 2 nitrogen and oxygen atoms in total. The van der Waals surface area contributed by atoms with E-state index < -0.39 is 0 Å². The molecule has 0 aliphatic heterocycles. The van der Waals surface area contributed by atoms with E-state index in [1.807, 2.05) is 6.07 Å². The third-order valence-electron chi connectivity index (χ3n) is 1.12. The van der Waals surface area contributed by atoms with Crippen LogP contribution in [0.2, 0.25) is 0 Å². The predicted octanol–water partition coefficient (Wildman–Crippen LogP) is 1.79. The van der Waals surface area contributed by atoms with Crippen LogP contribution in [-0.2, 0) is 5.33 Å². The number of nitrogens with zero attached hydrogens (tertiary/aromatic N) is 1. The summed E-state index contributed by atoms with van der Waals surface area (Å²) in [5, 5.41) is 0.728. The highest BCUT2D eigenvalue weighted by Crippen LogP contribution is 2.01. The third kappa shape index (κ3) is 1.64. The number of carbonyl (C=O) groups is 1. The van der Waals surface area contributed by atoms with Gasteiger partial charge in [0, 0.05) is 17.1 Å². The molecule has 0 aromatic carbocycles. The summed E-state index contributed by atoms with van der Waals surface area (Å²) in [4.78, 5) is 14.1. The Morgan fingerprint density at radius 3 is 2.80 bits per heavy atom. The van der Waals surface area contributed by atoms with Crippen molar-refractivity contribution in [2.45, 2.75) is 5.33 Å².